The molecule has 0 radical (unpaired) electrons. The lowest BCUT2D eigenvalue weighted by Crippen LogP contribution is -2.43. The molecule has 2 aromatic rings. The first-order valence-corrected chi connectivity index (χ1v) is 7.69. The van der Waals surface area contributed by atoms with Crippen molar-refractivity contribution in [2.75, 3.05) is 13.4 Å². The molecule has 0 amide bonds. The predicted molar refractivity (Wildman–Crippen MR) is 81.2 cm³/mol. The van der Waals surface area contributed by atoms with E-state index >= 15 is 0 Å². The SMILES string of the molecule is CC1(C)C[C@@](O)(c2cc(-c3ccc4c(c3)OCO4)no2)CCO1. The van der Waals surface area contributed by atoms with Crippen LogP contribution in [0.1, 0.15) is 32.4 Å². The fourth-order valence-electron chi connectivity index (χ4n) is 3.24. The Morgan fingerprint density at radius 1 is 1.13 bits per heavy atom. The van der Waals surface area contributed by atoms with Crippen LogP contribution in [-0.4, -0.2) is 29.3 Å². The summed E-state index contributed by atoms with van der Waals surface area (Å²) in [5.74, 6) is 1.89. The average Bonchev–Trinajstić information content (AvgIpc) is 3.14. The molecular weight excluding hydrogens is 298 g/mol. The number of hydrogen-bond donors (Lipinski definition) is 1. The summed E-state index contributed by atoms with van der Waals surface area (Å²) in [5, 5.41) is 15.0. The minimum Gasteiger partial charge on any atom is -0.454 e. The largest absolute Gasteiger partial charge is 0.454 e. The molecule has 1 aromatic heterocycles. The van der Waals surface area contributed by atoms with Crippen molar-refractivity contribution in [2.24, 2.45) is 0 Å². The molecule has 0 unspecified atom stereocenters. The van der Waals surface area contributed by atoms with Crippen LogP contribution in [0.25, 0.3) is 11.3 Å². The third kappa shape index (κ3) is 2.58. The maximum Gasteiger partial charge on any atom is 0.231 e. The van der Waals surface area contributed by atoms with Crippen LogP contribution in [0.15, 0.2) is 28.8 Å². The van der Waals surface area contributed by atoms with Crippen LogP contribution in [0, 0.1) is 0 Å². The van der Waals surface area contributed by atoms with Crippen molar-refractivity contribution in [2.45, 2.75) is 37.9 Å². The van der Waals surface area contributed by atoms with Crippen LogP contribution >= 0.6 is 0 Å². The number of aliphatic hydroxyl groups is 1. The highest BCUT2D eigenvalue weighted by molar-refractivity contribution is 5.64. The summed E-state index contributed by atoms with van der Waals surface area (Å²) < 4.78 is 21.8. The Kier molecular flexibility index (Phi) is 3.14. The topological polar surface area (TPSA) is 74.0 Å². The maximum absolute atomic E-state index is 10.9. The fraction of sp³-hybridized carbons (Fsp3) is 0.471. The van der Waals surface area contributed by atoms with Gasteiger partial charge >= 0.3 is 0 Å². The summed E-state index contributed by atoms with van der Waals surface area (Å²) in [6.07, 6.45) is 0.960. The van der Waals surface area contributed by atoms with E-state index in [4.69, 9.17) is 18.7 Å². The molecule has 1 saturated heterocycles. The van der Waals surface area contributed by atoms with Gasteiger partial charge in [0.15, 0.2) is 17.3 Å². The zero-order chi connectivity index (χ0) is 16.1. The molecule has 1 N–H and O–H groups in total. The summed E-state index contributed by atoms with van der Waals surface area (Å²) in [7, 11) is 0. The van der Waals surface area contributed by atoms with Gasteiger partial charge in [-0.25, -0.2) is 0 Å². The van der Waals surface area contributed by atoms with E-state index in [0.717, 1.165) is 11.3 Å². The Labute approximate surface area is 133 Å². The third-order valence-electron chi connectivity index (χ3n) is 4.36. The van der Waals surface area contributed by atoms with Gasteiger partial charge in [-0.05, 0) is 32.0 Å². The van der Waals surface area contributed by atoms with Crippen LogP contribution in [-0.2, 0) is 10.3 Å². The van der Waals surface area contributed by atoms with Gasteiger partial charge in [0.1, 0.15) is 11.3 Å². The smallest absolute Gasteiger partial charge is 0.231 e. The van der Waals surface area contributed by atoms with Gasteiger partial charge in [-0.15, -0.1) is 0 Å². The molecule has 2 aliphatic heterocycles. The van der Waals surface area contributed by atoms with Crippen LogP contribution in [0.3, 0.4) is 0 Å². The second-order valence-electron chi connectivity index (χ2n) is 6.71. The molecule has 6 nitrogen and oxygen atoms in total. The number of hydrogen-bond acceptors (Lipinski definition) is 6. The van der Waals surface area contributed by atoms with Gasteiger partial charge in [0, 0.05) is 24.5 Å². The number of nitrogens with zero attached hydrogens (tertiary/aromatic N) is 1. The Morgan fingerprint density at radius 2 is 1.96 bits per heavy atom. The highest BCUT2D eigenvalue weighted by atomic mass is 16.7. The van der Waals surface area contributed by atoms with E-state index in [1.807, 2.05) is 32.0 Å². The number of rotatable bonds is 2. The lowest BCUT2D eigenvalue weighted by Gasteiger charge is -2.39. The summed E-state index contributed by atoms with van der Waals surface area (Å²) >= 11 is 0. The van der Waals surface area contributed by atoms with Gasteiger partial charge in [0.25, 0.3) is 0 Å². The van der Waals surface area contributed by atoms with Crippen molar-refractivity contribution >= 4 is 0 Å². The molecule has 0 bridgehead atoms. The highest BCUT2D eigenvalue weighted by Crippen LogP contribution is 2.41. The van der Waals surface area contributed by atoms with Crippen molar-refractivity contribution < 1.29 is 23.8 Å². The van der Waals surface area contributed by atoms with Gasteiger partial charge in [-0.2, -0.15) is 0 Å². The molecule has 4 rings (SSSR count). The number of aromatic nitrogens is 1. The van der Waals surface area contributed by atoms with Crippen molar-refractivity contribution in [1.82, 2.24) is 5.16 Å². The minimum atomic E-state index is -1.05. The second kappa shape index (κ2) is 4.97. The van der Waals surface area contributed by atoms with Crippen LogP contribution in [0.5, 0.6) is 11.5 Å². The van der Waals surface area contributed by atoms with Crippen LogP contribution < -0.4 is 9.47 Å². The molecule has 2 aliphatic rings. The van der Waals surface area contributed by atoms with Crippen molar-refractivity contribution in [1.29, 1.82) is 0 Å². The Morgan fingerprint density at radius 3 is 2.78 bits per heavy atom. The normalized spacial score (nSPS) is 25.5. The molecule has 1 fully saturated rings. The zero-order valence-electron chi connectivity index (χ0n) is 13.2. The monoisotopic (exact) mass is 317 g/mol. The summed E-state index contributed by atoms with van der Waals surface area (Å²) in [5.41, 5.74) is 0.0809. The first-order valence-electron chi connectivity index (χ1n) is 7.69. The summed E-state index contributed by atoms with van der Waals surface area (Å²) in [4.78, 5) is 0. The number of ether oxygens (including phenoxy) is 3. The fourth-order valence-corrected chi connectivity index (χ4v) is 3.24. The van der Waals surface area contributed by atoms with Crippen LogP contribution in [0.2, 0.25) is 0 Å². The number of benzene rings is 1. The summed E-state index contributed by atoms with van der Waals surface area (Å²) in [6.45, 7) is 4.65. The molecule has 6 heteroatoms. The van der Waals surface area contributed by atoms with E-state index in [9.17, 15) is 5.11 Å². The molecule has 122 valence electrons. The molecule has 23 heavy (non-hydrogen) atoms. The second-order valence-corrected chi connectivity index (χ2v) is 6.71. The Balaban J connectivity index is 1.64. The lowest BCUT2D eigenvalue weighted by atomic mass is 9.82. The quantitative estimate of drug-likeness (QED) is 0.918. The van der Waals surface area contributed by atoms with E-state index in [0.29, 0.717) is 36.7 Å². The van der Waals surface area contributed by atoms with Gasteiger partial charge in [-0.3, -0.25) is 0 Å². The molecule has 1 aromatic carbocycles. The van der Waals surface area contributed by atoms with Crippen molar-refractivity contribution in [3.05, 3.63) is 30.0 Å². The van der Waals surface area contributed by atoms with Gasteiger partial charge in [-0.1, -0.05) is 5.16 Å². The lowest BCUT2D eigenvalue weighted by molar-refractivity contribution is -0.156. The van der Waals surface area contributed by atoms with Gasteiger partial charge in [0.05, 0.1) is 12.2 Å². The average molecular weight is 317 g/mol. The summed E-state index contributed by atoms with van der Waals surface area (Å²) in [6, 6.07) is 7.40. The van der Waals surface area contributed by atoms with E-state index in [2.05, 4.69) is 5.16 Å². The predicted octanol–water partition coefficient (Wildman–Crippen LogP) is 2.85. The molecule has 0 saturated carbocycles. The van der Waals surface area contributed by atoms with E-state index < -0.39 is 11.2 Å². The molecular formula is C17H19NO5. The molecule has 0 spiro atoms. The molecule has 1 atom stereocenters. The first kappa shape index (κ1) is 14.5. The van der Waals surface area contributed by atoms with E-state index in [-0.39, 0.29) is 6.79 Å². The minimum absolute atomic E-state index is 0.234. The zero-order valence-corrected chi connectivity index (χ0v) is 13.2. The van der Waals surface area contributed by atoms with Crippen molar-refractivity contribution in [3.63, 3.8) is 0 Å². The molecule has 3 heterocycles. The number of fused-ring (bicyclic) bond motifs is 1. The standard InChI is InChI=1S/C17H19NO5/c1-16(2)9-17(19,5-6-22-16)15-8-12(18-23-15)11-3-4-13-14(7-11)21-10-20-13/h3-4,7-8,19H,5-6,9-10H2,1-2H3/t17-/m1/s1. The van der Waals surface area contributed by atoms with Gasteiger partial charge in [0.2, 0.25) is 6.79 Å². The third-order valence-corrected chi connectivity index (χ3v) is 4.36. The maximum atomic E-state index is 10.9. The van der Waals surface area contributed by atoms with E-state index in [1.165, 1.54) is 0 Å². The van der Waals surface area contributed by atoms with E-state index in [1.54, 1.807) is 6.07 Å². The Bertz CT molecular complexity index is 738. The van der Waals surface area contributed by atoms with Crippen molar-refractivity contribution in [3.8, 4) is 22.8 Å². The Hall–Kier alpha value is -2.05. The highest BCUT2D eigenvalue weighted by Gasteiger charge is 2.43. The van der Waals surface area contributed by atoms with Gasteiger partial charge < -0.3 is 23.8 Å². The first-order chi connectivity index (χ1) is 11.0. The molecule has 0 aliphatic carbocycles. The van der Waals surface area contributed by atoms with Crippen LogP contribution in [0.4, 0.5) is 0 Å².